The van der Waals surface area contributed by atoms with E-state index < -0.39 is 0 Å². The molecule has 9 nitrogen and oxygen atoms in total. The summed E-state index contributed by atoms with van der Waals surface area (Å²) in [7, 11) is 0. The second-order valence-electron chi connectivity index (χ2n) is 7.88. The Labute approximate surface area is 227 Å². The van der Waals surface area contributed by atoms with Crippen molar-refractivity contribution in [1.82, 2.24) is 24.7 Å². The van der Waals surface area contributed by atoms with Gasteiger partial charge in [-0.2, -0.15) is 10.1 Å². The van der Waals surface area contributed by atoms with Gasteiger partial charge in [-0.1, -0.05) is 35.5 Å². The number of esters is 1. The Hall–Kier alpha value is -3.63. The zero-order valence-electron chi connectivity index (χ0n) is 19.5. The Morgan fingerprint density at radius 2 is 1.81 bits per heavy atom. The van der Waals surface area contributed by atoms with Crippen molar-refractivity contribution in [3.63, 3.8) is 0 Å². The summed E-state index contributed by atoms with van der Waals surface area (Å²) in [5, 5.41) is 8.32. The first-order chi connectivity index (χ1) is 18.2. The predicted octanol–water partition coefficient (Wildman–Crippen LogP) is 6.26. The fraction of sp³-hybridized carbons (Fsp3) is 0.115. The van der Waals surface area contributed by atoms with Gasteiger partial charge >= 0.3 is 5.97 Å². The van der Waals surface area contributed by atoms with Crippen LogP contribution in [0.2, 0.25) is 0 Å². The number of hydrogen-bond acceptors (Lipinski definition) is 8. The van der Waals surface area contributed by atoms with Gasteiger partial charge in [0.1, 0.15) is 12.4 Å². The van der Waals surface area contributed by atoms with Gasteiger partial charge in [-0.05, 0) is 64.0 Å². The molecule has 5 rings (SSSR count). The summed E-state index contributed by atoms with van der Waals surface area (Å²) in [6.45, 7) is 0.243. The lowest BCUT2D eigenvalue weighted by Crippen LogP contribution is -2.06. The van der Waals surface area contributed by atoms with Crippen molar-refractivity contribution in [2.45, 2.75) is 19.4 Å². The molecule has 2 aromatic carbocycles. The van der Waals surface area contributed by atoms with Gasteiger partial charge in [-0.3, -0.25) is 4.79 Å². The predicted molar refractivity (Wildman–Crippen MR) is 148 cm³/mol. The third-order valence-electron chi connectivity index (χ3n) is 5.34. The highest BCUT2D eigenvalue weighted by Crippen LogP contribution is 2.31. The molecule has 3 aromatic heterocycles. The van der Waals surface area contributed by atoms with Gasteiger partial charge in [-0.25, -0.2) is 9.44 Å². The first-order valence-corrected chi connectivity index (χ1v) is 15.4. The molecule has 0 N–H and O–H groups in total. The summed E-state index contributed by atoms with van der Waals surface area (Å²) in [5.41, 5.74) is 3.70. The molecule has 0 aliphatic rings. The zero-order valence-corrected chi connectivity index (χ0v) is 22.6. The summed E-state index contributed by atoms with van der Waals surface area (Å²) in [4.78, 5) is 20.8. The van der Waals surface area contributed by atoms with Crippen molar-refractivity contribution >= 4 is 34.4 Å². The lowest BCUT2D eigenvalue weighted by atomic mass is 10.2. The quantitative estimate of drug-likeness (QED) is 0.102. The number of carbonyl (C=O) groups excluding carboxylic acids is 1. The number of aryl methyl sites for hydroxylation is 1. The van der Waals surface area contributed by atoms with Crippen LogP contribution in [0.3, 0.4) is 0 Å². The molecule has 37 heavy (non-hydrogen) atoms. The molecular weight excluding hydrogens is 604 g/mol. The Kier molecular flexibility index (Phi) is 8.17. The topological polar surface area (TPSA) is 105 Å². The molecule has 0 saturated heterocycles. The average Bonchev–Trinajstić information content (AvgIpc) is 3.62. The van der Waals surface area contributed by atoms with Gasteiger partial charge in [0.2, 0.25) is 17.6 Å². The van der Waals surface area contributed by atoms with Gasteiger partial charge in [-0.15, -0.1) is 0 Å². The summed E-state index contributed by atoms with van der Waals surface area (Å²) in [5.74, 6) is 1.62. The van der Waals surface area contributed by atoms with E-state index in [4.69, 9.17) is 14.0 Å². The molecule has 3 heterocycles. The second-order valence-corrected chi connectivity index (χ2v) is 9.92. The maximum Gasteiger partial charge on any atom is 0.306 e. The number of hydrogen-bond donors (Lipinski definition) is 0. The molecule has 0 spiro atoms. The van der Waals surface area contributed by atoms with E-state index in [-0.39, 0.29) is 19.0 Å². The Morgan fingerprint density at radius 3 is 2.57 bits per heavy atom. The number of pyridine rings is 1. The summed E-state index contributed by atoms with van der Waals surface area (Å²) >= 11 is 2.29. The minimum atomic E-state index is -0.317. The minimum absolute atomic E-state index is 0.161. The van der Waals surface area contributed by atoms with Crippen LogP contribution in [-0.4, -0.2) is 30.6 Å². The molecule has 0 radical (unpaired) electrons. The van der Waals surface area contributed by atoms with E-state index in [0.29, 0.717) is 36.1 Å². The zero-order chi connectivity index (χ0) is 25.5. The number of rotatable bonds is 10. The molecule has 0 amide bonds. The number of benzene rings is 2. The third kappa shape index (κ3) is 6.58. The number of nitrogens with zero attached hydrogens (tertiary/aromatic N) is 5. The summed E-state index contributed by atoms with van der Waals surface area (Å²) < 4.78 is 18.4. The maximum atomic E-state index is 12.0. The van der Waals surface area contributed by atoms with Crippen molar-refractivity contribution in [2.24, 2.45) is 0 Å². The summed E-state index contributed by atoms with van der Waals surface area (Å²) in [6, 6.07) is 22.6. The van der Waals surface area contributed by atoms with Crippen LogP contribution < -0.4 is 4.74 Å². The third-order valence-corrected chi connectivity index (χ3v) is 7.23. The first kappa shape index (κ1) is 25.0. The van der Waals surface area contributed by atoms with Crippen molar-refractivity contribution < 1.29 is 18.8 Å². The molecule has 0 bridgehead atoms. The molecule has 5 aromatic rings. The van der Waals surface area contributed by atoms with Gasteiger partial charge in [0.05, 0.1) is 18.5 Å². The van der Waals surface area contributed by atoms with Crippen LogP contribution in [0.4, 0.5) is 0 Å². The lowest BCUT2D eigenvalue weighted by Gasteiger charge is -2.07. The van der Waals surface area contributed by atoms with Crippen LogP contribution in [0, 0.1) is 0 Å². The van der Waals surface area contributed by atoms with Gasteiger partial charge < -0.3 is 14.0 Å². The van der Waals surface area contributed by atoms with Crippen molar-refractivity contribution in [1.29, 1.82) is 0 Å². The molecule has 1 atom stereocenters. The minimum Gasteiger partial charge on any atom is -0.461 e. The number of aromatic nitrogens is 5. The smallest absolute Gasteiger partial charge is 0.306 e. The lowest BCUT2D eigenvalue weighted by molar-refractivity contribution is -0.145. The van der Waals surface area contributed by atoms with E-state index >= 15 is 0 Å². The van der Waals surface area contributed by atoms with E-state index in [1.165, 1.54) is 0 Å². The highest BCUT2D eigenvalue weighted by atomic mass is 127. The van der Waals surface area contributed by atoms with E-state index in [9.17, 15) is 4.79 Å². The Balaban J connectivity index is 1.13. The second kappa shape index (κ2) is 12.1. The standard InChI is InChI=1S/C26H21IN5O4P/c27-37-32-22(14-15-29-32)20-8-11-23(28-16-20)35-21-9-6-19(7-10-21)26-30-24(36-31-26)12-13-25(33)34-17-18-4-2-1-3-5-18/h1-11,14-16,37H,12-13,17H2. The molecule has 1 unspecified atom stereocenters. The number of carbonyl (C=O) groups is 1. The fourth-order valence-electron chi connectivity index (χ4n) is 3.47. The van der Waals surface area contributed by atoms with Crippen molar-refractivity contribution in [3.8, 4) is 34.3 Å². The molecule has 0 fully saturated rings. The van der Waals surface area contributed by atoms with E-state index in [1.54, 1.807) is 12.4 Å². The van der Waals surface area contributed by atoms with E-state index in [0.717, 1.165) is 22.4 Å². The van der Waals surface area contributed by atoms with Crippen molar-refractivity contribution in [2.75, 3.05) is 0 Å². The highest BCUT2D eigenvalue weighted by Gasteiger charge is 2.12. The van der Waals surface area contributed by atoms with Gasteiger partial charge in [0, 0.05) is 36.0 Å². The fourth-order valence-corrected chi connectivity index (χ4v) is 5.03. The maximum absolute atomic E-state index is 12.0. The molecule has 186 valence electrons. The monoisotopic (exact) mass is 625 g/mol. The molecule has 11 heteroatoms. The highest BCUT2D eigenvalue weighted by molar-refractivity contribution is 14.2. The van der Waals surface area contributed by atoms with Crippen LogP contribution in [0.1, 0.15) is 17.9 Å². The van der Waals surface area contributed by atoms with Crippen LogP contribution in [0.15, 0.2) is 89.7 Å². The Morgan fingerprint density at radius 1 is 1.00 bits per heavy atom. The van der Waals surface area contributed by atoms with Crippen LogP contribution in [-0.2, 0) is 22.6 Å². The van der Waals surface area contributed by atoms with Gasteiger partial charge in [0.25, 0.3) is 0 Å². The Bertz CT molecular complexity index is 1460. The normalized spacial score (nSPS) is 11.2. The molecule has 0 aliphatic heterocycles. The molecule has 0 saturated carbocycles. The van der Waals surface area contributed by atoms with Crippen LogP contribution in [0.25, 0.3) is 22.6 Å². The van der Waals surface area contributed by atoms with E-state index in [2.05, 4.69) is 42.3 Å². The largest absolute Gasteiger partial charge is 0.461 e. The number of ether oxygens (including phenoxy) is 2. The molecule has 0 aliphatic carbocycles. The van der Waals surface area contributed by atoms with Gasteiger partial charge in [0.15, 0.2) is 0 Å². The average molecular weight is 625 g/mol. The van der Waals surface area contributed by atoms with Crippen molar-refractivity contribution in [3.05, 3.63) is 96.6 Å². The summed E-state index contributed by atoms with van der Waals surface area (Å²) in [6.07, 6.45) is 4.53. The van der Waals surface area contributed by atoms with Crippen LogP contribution in [0.5, 0.6) is 11.6 Å². The van der Waals surface area contributed by atoms with Crippen LogP contribution >= 0.6 is 28.4 Å². The van der Waals surface area contributed by atoms with E-state index in [1.807, 2.05) is 77.2 Å². The first-order valence-electron chi connectivity index (χ1n) is 11.4. The molecular formula is C26H21IN5O4P. The SMILES string of the molecule is O=C(CCc1nc(-c2ccc(Oc3ccc(-c4ccnn4PI)cn3)cc2)no1)OCc1ccccc1. The number of halogens is 1.